The van der Waals surface area contributed by atoms with Crippen LogP contribution < -0.4 is 10.1 Å². The number of hydrogen-bond acceptors (Lipinski definition) is 3. The summed E-state index contributed by atoms with van der Waals surface area (Å²) in [6.45, 7) is 4.85. The molecule has 1 atom stereocenters. The Morgan fingerprint density at radius 3 is 2.88 bits per heavy atom. The molecule has 5 rings (SSSR count). The van der Waals surface area contributed by atoms with Crippen LogP contribution in [0.25, 0.3) is 0 Å². The second-order valence-electron chi connectivity index (χ2n) is 7.13. The Bertz CT molecular complexity index is 668. The Labute approximate surface area is 147 Å². The van der Waals surface area contributed by atoms with E-state index >= 15 is 0 Å². The van der Waals surface area contributed by atoms with Crippen LogP contribution in [0.5, 0.6) is 5.75 Å². The molecule has 2 bridgehead atoms. The average molecular weight is 351 g/mol. The molecule has 0 aromatic heterocycles. The molecule has 5 nitrogen and oxygen atoms in total. The van der Waals surface area contributed by atoms with Gasteiger partial charge in [-0.15, -0.1) is 0 Å². The lowest BCUT2D eigenvalue weighted by Crippen LogP contribution is -2.56. The molecule has 2 N–H and O–H groups in total. The molecule has 3 saturated heterocycles. The number of aliphatic hydroxyl groups excluding tert-OH is 1. The standard InChI is InChI=1S/C18H24ClN3O2/c1-21-16-9-14(19)8-13(18(16)24-11-17(21)23)2-5-20-15-10-22-6-3-12(15)4-7-22/h8-9,12,15,20H,2-7,10-11H2,1H3/p+1. The first kappa shape index (κ1) is 16.2. The quantitative estimate of drug-likeness (QED) is 0.817. The van der Waals surface area contributed by atoms with Gasteiger partial charge in [-0.25, -0.2) is 0 Å². The fourth-order valence-electron chi connectivity index (χ4n) is 4.20. The zero-order valence-corrected chi connectivity index (χ0v) is 14.9. The van der Waals surface area contributed by atoms with Crippen molar-refractivity contribution in [1.29, 1.82) is 0 Å². The summed E-state index contributed by atoms with van der Waals surface area (Å²) in [5.74, 6) is 1.88. The third-order valence-corrected chi connectivity index (χ3v) is 5.88. The van der Waals surface area contributed by atoms with Gasteiger partial charge in [-0.3, -0.25) is 0 Å². The third kappa shape index (κ3) is 3.01. The van der Waals surface area contributed by atoms with E-state index in [2.05, 4.69) is 10.2 Å². The lowest BCUT2D eigenvalue weighted by Gasteiger charge is -2.45. The van der Waals surface area contributed by atoms with Crippen molar-refractivity contribution in [3.63, 3.8) is 0 Å². The summed E-state index contributed by atoms with van der Waals surface area (Å²) < 4.78 is 7.51. The molecule has 0 amide bonds. The smallest absolute Gasteiger partial charge is 0.378 e. The lowest BCUT2D eigenvalue weighted by molar-refractivity contribution is -0.422. The molecule has 1 aromatic rings. The average Bonchev–Trinajstić information content (AvgIpc) is 2.59. The monoisotopic (exact) mass is 350 g/mol. The van der Waals surface area contributed by atoms with Gasteiger partial charge in [0, 0.05) is 29.2 Å². The molecule has 1 unspecified atom stereocenters. The second kappa shape index (κ2) is 6.54. The van der Waals surface area contributed by atoms with E-state index in [1.807, 2.05) is 19.2 Å². The first-order valence-corrected chi connectivity index (χ1v) is 9.19. The molecule has 0 saturated carbocycles. The van der Waals surface area contributed by atoms with E-state index in [0.29, 0.717) is 11.1 Å². The van der Waals surface area contributed by atoms with E-state index in [0.717, 1.165) is 35.9 Å². The van der Waals surface area contributed by atoms with Crippen LogP contribution in [-0.4, -0.2) is 66.4 Å². The van der Waals surface area contributed by atoms with E-state index in [9.17, 15) is 5.11 Å². The van der Waals surface area contributed by atoms with Gasteiger partial charge in [-0.05, 0) is 50.9 Å². The van der Waals surface area contributed by atoms with Crippen LogP contribution in [0.3, 0.4) is 0 Å². The maximum Gasteiger partial charge on any atom is 0.378 e. The number of aliphatic hydroxyl groups is 1. The minimum atomic E-state index is 0.209. The molecule has 4 heterocycles. The lowest BCUT2D eigenvalue weighted by atomic mass is 9.84. The largest absolute Gasteiger partial charge is 0.472 e. The van der Waals surface area contributed by atoms with Gasteiger partial charge >= 0.3 is 5.90 Å². The second-order valence-corrected chi connectivity index (χ2v) is 7.56. The van der Waals surface area contributed by atoms with Gasteiger partial charge in [0.25, 0.3) is 5.69 Å². The van der Waals surface area contributed by atoms with Crippen LogP contribution in [0.15, 0.2) is 12.1 Å². The summed E-state index contributed by atoms with van der Waals surface area (Å²) in [6, 6.07) is 4.44. The van der Waals surface area contributed by atoms with Gasteiger partial charge in [0.15, 0.2) is 5.75 Å². The Hall–Kier alpha value is -1.30. The number of halogens is 1. The molecule has 3 fully saturated rings. The van der Waals surface area contributed by atoms with Crippen molar-refractivity contribution in [1.82, 2.24) is 10.2 Å². The minimum absolute atomic E-state index is 0.209. The molecule has 6 heteroatoms. The number of ether oxygens (including phenoxy) is 1. The number of fused-ring (bicyclic) bond motifs is 4. The topological polar surface area (TPSA) is 47.7 Å². The molecule has 0 aliphatic carbocycles. The number of piperidine rings is 3. The van der Waals surface area contributed by atoms with Crippen LogP contribution in [0.2, 0.25) is 5.02 Å². The molecule has 130 valence electrons. The maximum absolute atomic E-state index is 9.87. The van der Waals surface area contributed by atoms with Crippen molar-refractivity contribution in [3.8, 4) is 5.75 Å². The molecule has 1 aromatic carbocycles. The predicted molar refractivity (Wildman–Crippen MR) is 95.1 cm³/mol. The van der Waals surface area contributed by atoms with E-state index in [-0.39, 0.29) is 12.5 Å². The van der Waals surface area contributed by atoms with Crippen LogP contribution in [0.4, 0.5) is 5.69 Å². The fourth-order valence-corrected chi connectivity index (χ4v) is 4.43. The molecule has 0 radical (unpaired) electrons. The first-order chi connectivity index (χ1) is 11.6. The van der Waals surface area contributed by atoms with Crippen molar-refractivity contribution < 1.29 is 14.4 Å². The van der Waals surface area contributed by atoms with Gasteiger partial charge in [0.1, 0.15) is 7.05 Å². The maximum atomic E-state index is 9.87. The van der Waals surface area contributed by atoms with Crippen molar-refractivity contribution in [2.75, 3.05) is 39.8 Å². The van der Waals surface area contributed by atoms with Crippen LogP contribution in [0, 0.1) is 5.92 Å². The Morgan fingerprint density at radius 2 is 2.17 bits per heavy atom. The van der Waals surface area contributed by atoms with Gasteiger partial charge < -0.3 is 20.1 Å². The fraction of sp³-hybridized carbons (Fsp3) is 0.611. The molecule has 24 heavy (non-hydrogen) atoms. The van der Waals surface area contributed by atoms with Crippen LogP contribution in [-0.2, 0) is 6.42 Å². The van der Waals surface area contributed by atoms with Crippen molar-refractivity contribution in [3.05, 3.63) is 22.7 Å². The number of nitrogens with one attached hydrogen (secondary N) is 1. The number of hydrogen-bond donors (Lipinski definition) is 2. The summed E-state index contributed by atoms with van der Waals surface area (Å²) in [6.07, 6.45) is 3.53. The molecule has 4 aliphatic heterocycles. The number of nitrogens with zero attached hydrogens (tertiary/aromatic N) is 2. The highest BCUT2D eigenvalue weighted by Gasteiger charge is 2.33. The highest BCUT2D eigenvalue weighted by Crippen LogP contribution is 2.36. The van der Waals surface area contributed by atoms with E-state index in [1.165, 1.54) is 32.5 Å². The predicted octanol–water partition coefficient (Wildman–Crippen LogP) is 2.19. The van der Waals surface area contributed by atoms with Crippen molar-refractivity contribution in [2.45, 2.75) is 25.3 Å². The normalized spacial score (nSPS) is 28.7. The third-order valence-electron chi connectivity index (χ3n) is 5.66. The zero-order valence-electron chi connectivity index (χ0n) is 14.1. The van der Waals surface area contributed by atoms with Gasteiger partial charge in [0.05, 0.1) is 0 Å². The van der Waals surface area contributed by atoms with E-state index in [1.54, 1.807) is 4.58 Å². The summed E-state index contributed by atoms with van der Waals surface area (Å²) in [5, 5.41) is 14.3. The SMILES string of the molecule is C[N+]1=C(O)COc2c(CCNC3CN4CCC3CC4)cc(Cl)cc21. The number of rotatable bonds is 4. The Kier molecular flexibility index (Phi) is 4.41. The molecular formula is C18H25ClN3O2+. The summed E-state index contributed by atoms with van der Waals surface area (Å²) in [4.78, 5) is 2.57. The highest BCUT2D eigenvalue weighted by molar-refractivity contribution is 6.31. The summed E-state index contributed by atoms with van der Waals surface area (Å²) in [5.41, 5.74) is 1.94. The van der Waals surface area contributed by atoms with Crippen LogP contribution >= 0.6 is 11.6 Å². The number of benzene rings is 1. The summed E-state index contributed by atoms with van der Waals surface area (Å²) >= 11 is 6.27. The van der Waals surface area contributed by atoms with E-state index < -0.39 is 0 Å². The molecule has 0 spiro atoms. The Morgan fingerprint density at radius 1 is 1.38 bits per heavy atom. The van der Waals surface area contributed by atoms with Crippen molar-refractivity contribution >= 4 is 23.2 Å². The highest BCUT2D eigenvalue weighted by atomic mass is 35.5. The molecule has 4 aliphatic rings. The van der Waals surface area contributed by atoms with Crippen LogP contribution in [0.1, 0.15) is 18.4 Å². The van der Waals surface area contributed by atoms with E-state index in [4.69, 9.17) is 16.3 Å². The van der Waals surface area contributed by atoms with Gasteiger partial charge in [-0.2, -0.15) is 4.58 Å². The zero-order chi connectivity index (χ0) is 16.7. The summed E-state index contributed by atoms with van der Waals surface area (Å²) in [7, 11) is 1.84. The Balaban J connectivity index is 1.45. The first-order valence-electron chi connectivity index (χ1n) is 8.81. The van der Waals surface area contributed by atoms with Gasteiger partial charge in [-0.1, -0.05) is 11.6 Å². The van der Waals surface area contributed by atoms with Crippen molar-refractivity contribution in [2.24, 2.45) is 5.92 Å². The molecular weight excluding hydrogens is 326 g/mol. The minimum Gasteiger partial charge on any atom is -0.472 e. The van der Waals surface area contributed by atoms with Gasteiger partial charge in [0.2, 0.25) is 6.61 Å².